The number of imidazole rings is 1. The molecule has 8 nitrogen and oxygen atoms in total. The summed E-state index contributed by atoms with van der Waals surface area (Å²) in [4.78, 5) is 17.5. The molecule has 34 heavy (non-hydrogen) atoms. The first-order valence-corrected chi connectivity index (χ1v) is 13.9. The number of Topliss-reactive ketones (excluding diaryl/α,β-unsaturated/α-hetero) is 1. The SMILES string of the molecule is CCn1c(-c2ccc3c(c2)OCCO3)cnc1SCC(=O)c1ccc2c(c1)CCN2S(C)(=O)=O. The van der Waals surface area contributed by atoms with Gasteiger partial charge in [-0.3, -0.25) is 9.10 Å². The van der Waals surface area contributed by atoms with Crippen LogP contribution in [0.15, 0.2) is 47.8 Å². The third-order valence-corrected chi connectivity index (χ3v) is 8.13. The Morgan fingerprint density at radius 2 is 1.91 bits per heavy atom. The molecule has 3 aromatic rings. The number of benzene rings is 2. The van der Waals surface area contributed by atoms with E-state index in [0.717, 1.165) is 33.5 Å². The molecule has 0 spiro atoms. The number of carbonyl (C=O) groups excluding carboxylic acids is 1. The van der Waals surface area contributed by atoms with E-state index in [1.165, 1.54) is 22.3 Å². The first-order chi connectivity index (χ1) is 16.3. The summed E-state index contributed by atoms with van der Waals surface area (Å²) in [5, 5.41) is 0.769. The highest BCUT2D eigenvalue weighted by molar-refractivity contribution is 7.99. The lowest BCUT2D eigenvalue weighted by Gasteiger charge is -2.19. The number of hydrogen-bond acceptors (Lipinski definition) is 7. The van der Waals surface area contributed by atoms with Crippen LogP contribution in [0.2, 0.25) is 0 Å². The molecular weight excluding hydrogens is 474 g/mol. The van der Waals surface area contributed by atoms with E-state index >= 15 is 0 Å². The Morgan fingerprint density at radius 3 is 2.68 bits per heavy atom. The fraction of sp³-hybridized carbons (Fsp3) is 0.333. The quantitative estimate of drug-likeness (QED) is 0.362. The van der Waals surface area contributed by atoms with Crippen molar-refractivity contribution in [3.63, 3.8) is 0 Å². The van der Waals surface area contributed by atoms with E-state index in [0.29, 0.717) is 44.0 Å². The third-order valence-electron chi connectivity index (χ3n) is 5.96. The molecule has 0 saturated carbocycles. The number of nitrogens with zero attached hydrogens (tertiary/aromatic N) is 3. The number of anilines is 1. The molecule has 10 heteroatoms. The molecule has 2 aromatic carbocycles. The molecule has 2 aliphatic heterocycles. The van der Waals surface area contributed by atoms with Gasteiger partial charge in [-0.2, -0.15) is 0 Å². The fourth-order valence-electron chi connectivity index (χ4n) is 4.32. The van der Waals surface area contributed by atoms with Gasteiger partial charge in [-0.05, 0) is 55.3 Å². The van der Waals surface area contributed by atoms with Gasteiger partial charge in [0.05, 0.1) is 29.6 Å². The van der Waals surface area contributed by atoms with Crippen LogP contribution in [0.4, 0.5) is 5.69 Å². The van der Waals surface area contributed by atoms with E-state index in [1.807, 2.05) is 37.4 Å². The standard InChI is InChI=1S/C24H25N3O5S2/c1-3-26-20(16-5-7-22-23(13-16)32-11-10-31-22)14-25-24(26)33-15-21(28)18-4-6-19-17(12-18)8-9-27(19)34(2,29)30/h4-7,12-14H,3,8-11,15H2,1-2H3. The van der Waals surface area contributed by atoms with Gasteiger partial charge in [0.1, 0.15) is 13.2 Å². The number of hydrogen-bond donors (Lipinski definition) is 0. The number of ether oxygens (including phenoxy) is 2. The molecule has 0 N–H and O–H groups in total. The Kier molecular flexibility index (Phi) is 6.03. The van der Waals surface area contributed by atoms with Crippen LogP contribution in [0.1, 0.15) is 22.8 Å². The Labute approximate surface area is 202 Å². The first-order valence-electron chi connectivity index (χ1n) is 11.1. The van der Waals surface area contributed by atoms with Gasteiger partial charge in [-0.1, -0.05) is 11.8 Å². The van der Waals surface area contributed by atoms with E-state index in [1.54, 1.807) is 12.1 Å². The minimum atomic E-state index is -3.31. The molecule has 0 aliphatic carbocycles. The Hall–Kier alpha value is -2.98. The number of thioether (sulfide) groups is 1. The van der Waals surface area contributed by atoms with Gasteiger partial charge in [-0.25, -0.2) is 13.4 Å². The van der Waals surface area contributed by atoms with Crippen molar-refractivity contribution in [2.24, 2.45) is 0 Å². The zero-order chi connectivity index (χ0) is 23.9. The van der Waals surface area contributed by atoms with E-state index in [4.69, 9.17) is 9.47 Å². The normalized spacial score (nSPS) is 14.8. The molecule has 0 saturated heterocycles. The molecule has 0 atom stereocenters. The van der Waals surface area contributed by atoms with Gasteiger partial charge in [0.25, 0.3) is 0 Å². The second-order valence-corrected chi connectivity index (χ2v) is 11.0. The molecule has 0 bridgehead atoms. The number of sulfonamides is 1. The zero-order valence-corrected chi connectivity index (χ0v) is 20.6. The molecule has 0 fully saturated rings. The maximum absolute atomic E-state index is 12.9. The zero-order valence-electron chi connectivity index (χ0n) is 19.0. The summed E-state index contributed by atoms with van der Waals surface area (Å²) < 4.78 is 38.7. The average molecular weight is 500 g/mol. The van der Waals surface area contributed by atoms with Gasteiger partial charge in [0.15, 0.2) is 22.4 Å². The van der Waals surface area contributed by atoms with Crippen LogP contribution < -0.4 is 13.8 Å². The summed E-state index contributed by atoms with van der Waals surface area (Å²) in [5.41, 5.74) is 4.07. The van der Waals surface area contributed by atoms with Crippen molar-refractivity contribution in [1.82, 2.24) is 9.55 Å². The van der Waals surface area contributed by atoms with Crippen LogP contribution >= 0.6 is 11.8 Å². The minimum absolute atomic E-state index is 0.0165. The van der Waals surface area contributed by atoms with Crippen LogP contribution in [-0.2, 0) is 23.0 Å². The lowest BCUT2D eigenvalue weighted by Crippen LogP contribution is -2.27. The highest BCUT2D eigenvalue weighted by Gasteiger charge is 2.27. The maximum Gasteiger partial charge on any atom is 0.232 e. The second-order valence-electron chi connectivity index (χ2n) is 8.17. The summed E-state index contributed by atoms with van der Waals surface area (Å²) in [5.74, 6) is 1.69. The first kappa shape index (κ1) is 22.8. The summed E-state index contributed by atoms with van der Waals surface area (Å²) >= 11 is 1.40. The minimum Gasteiger partial charge on any atom is -0.486 e. The van der Waals surface area contributed by atoms with Gasteiger partial charge >= 0.3 is 0 Å². The van der Waals surface area contributed by atoms with Crippen LogP contribution in [-0.4, -0.2) is 55.5 Å². The summed E-state index contributed by atoms with van der Waals surface area (Å²) in [6.45, 7) is 4.25. The predicted molar refractivity (Wildman–Crippen MR) is 132 cm³/mol. The molecule has 1 aromatic heterocycles. The van der Waals surface area contributed by atoms with Crippen LogP contribution in [0.25, 0.3) is 11.3 Å². The lowest BCUT2D eigenvalue weighted by atomic mass is 10.1. The van der Waals surface area contributed by atoms with Gasteiger partial charge in [0, 0.05) is 24.2 Å². The Balaban J connectivity index is 1.32. The van der Waals surface area contributed by atoms with Gasteiger partial charge < -0.3 is 14.0 Å². The second kappa shape index (κ2) is 8.99. The molecular formula is C24H25N3O5S2. The molecule has 2 aliphatic rings. The maximum atomic E-state index is 12.9. The Morgan fingerprint density at radius 1 is 1.12 bits per heavy atom. The van der Waals surface area contributed by atoms with Crippen molar-refractivity contribution >= 4 is 33.3 Å². The number of fused-ring (bicyclic) bond motifs is 2. The topological polar surface area (TPSA) is 90.7 Å². The average Bonchev–Trinajstić information content (AvgIpc) is 3.45. The number of ketones is 1. The van der Waals surface area contributed by atoms with E-state index < -0.39 is 10.0 Å². The van der Waals surface area contributed by atoms with Crippen LogP contribution in [0.5, 0.6) is 11.5 Å². The highest BCUT2D eigenvalue weighted by Crippen LogP contribution is 2.36. The molecule has 178 valence electrons. The highest BCUT2D eigenvalue weighted by atomic mass is 32.2. The van der Waals surface area contributed by atoms with Crippen molar-refractivity contribution < 1.29 is 22.7 Å². The lowest BCUT2D eigenvalue weighted by molar-refractivity contribution is 0.102. The largest absolute Gasteiger partial charge is 0.486 e. The number of aromatic nitrogens is 2. The van der Waals surface area contributed by atoms with Crippen molar-refractivity contribution in [3.8, 4) is 22.8 Å². The van der Waals surface area contributed by atoms with E-state index in [-0.39, 0.29) is 11.5 Å². The third kappa shape index (κ3) is 4.27. The van der Waals surface area contributed by atoms with Gasteiger partial charge in [-0.15, -0.1) is 0 Å². The molecule has 3 heterocycles. The molecule has 0 unspecified atom stereocenters. The van der Waals surface area contributed by atoms with E-state index in [9.17, 15) is 13.2 Å². The van der Waals surface area contributed by atoms with Crippen LogP contribution in [0.3, 0.4) is 0 Å². The summed E-state index contributed by atoms with van der Waals surface area (Å²) in [6.07, 6.45) is 3.62. The molecule has 5 rings (SSSR count). The van der Waals surface area contributed by atoms with Crippen molar-refractivity contribution in [1.29, 1.82) is 0 Å². The predicted octanol–water partition coefficient (Wildman–Crippen LogP) is 3.64. The van der Waals surface area contributed by atoms with Crippen molar-refractivity contribution in [2.45, 2.75) is 25.0 Å². The Bertz CT molecular complexity index is 1370. The monoisotopic (exact) mass is 499 g/mol. The van der Waals surface area contributed by atoms with Crippen LogP contribution in [0, 0.1) is 0 Å². The number of rotatable bonds is 7. The fourth-order valence-corrected chi connectivity index (χ4v) is 6.21. The smallest absolute Gasteiger partial charge is 0.232 e. The summed E-state index contributed by atoms with van der Waals surface area (Å²) in [6, 6.07) is 11.1. The van der Waals surface area contributed by atoms with E-state index in [2.05, 4.69) is 9.55 Å². The molecule has 0 radical (unpaired) electrons. The van der Waals surface area contributed by atoms with Gasteiger partial charge in [0.2, 0.25) is 10.0 Å². The number of carbonyl (C=O) groups is 1. The summed E-state index contributed by atoms with van der Waals surface area (Å²) in [7, 11) is -3.31. The van der Waals surface area contributed by atoms with Crippen molar-refractivity contribution in [3.05, 3.63) is 53.7 Å². The molecule has 0 amide bonds. The van der Waals surface area contributed by atoms with Crippen molar-refractivity contribution in [2.75, 3.05) is 36.1 Å².